The number of likely N-dealkylation sites (tertiary alicyclic amines) is 1. The van der Waals surface area contributed by atoms with E-state index in [1.165, 1.54) is 4.90 Å². The second-order valence-corrected chi connectivity index (χ2v) is 8.64. The molecule has 168 valence electrons. The molecule has 2 aromatic carbocycles. The molecule has 0 spiro atoms. The summed E-state index contributed by atoms with van der Waals surface area (Å²) in [5.41, 5.74) is 3.75. The minimum atomic E-state index is -0.248. The number of nitrogens with zero attached hydrogens (tertiary/aromatic N) is 2. The van der Waals surface area contributed by atoms with Gasteiger partial charge in [-0.2, -0.15) is 0 Å². The second-order valence-electron chi connectivity index (χ2n) is 8.64. The number of carbonyl (C=O) groups is 2. The van der Waals surface area contributed by atoms with E-state index in [1.807, 2.05) is 43.3 Å². The number of aryl methyl sites for hydroxylation is 1. The highest BCUT2D eigenvalue weighted by Gasteiger charge is 2.42. The number of ether oxygens (including phenoxy) is 2. The Morgan fingerprint density at radius 1 is 0.906 bits per heavy atom. The highest BCUT2D eigenvalue weighted by Crippen LogP contribution is 2.35. The van der Waals surface area contributed by atoms with E-state index in [0.717, 1.165) is 42.6 Å². The van der Waals surface area contributed by atoms with Crippen molar-refractivity contribution in [1.29, 1.82) is 0 Å². The zero-order valence-corrected chi connectivity index (χ0v) is 19.2. The summed E-state index contributed by atoms with van der Waals surface area (Å²) in [7, 11) is 3.15. The molecule has 2 amide bonds. The average molecular weight is 435 g/mol. The summed E-state index contributed by atoms with van der Waals surface area (Å²) in [6, 6.07) is 13.3. The highest BCUT2D eigenvalue weighted by atomic mass is 16.5. The molecule has 2 heterocycles. The molecule has 0 saturated carbocycles. The molecular formula is C26H30N2O4. The van der Waals surface area contributed by atoms with Crippen molar-refractivity contribution in [3.05, 3.63) is 64.9 Å². The molecule has 0 atom stereocenters. The van der Waals surface area contributed by atoms with Gasteiger partial charge in [-0.25, -0.2) is 0 Å². The maximum Gasteiger partial charge on any atom is 0.278 e. The quantitative estimate of drug-likeness (QED) is 0.643. The van der Waals surface area contributed by atoms with Gasteiger partial charge in [0, 0.05) is 13.1 Å². The normalized spacial score (nSPS) is 17.4. The van der Waals surface area contributed by atoms with Gasteiger partial charge in [-0.05, 0) is 48.9 Å². The third kappa shape index (κ3) is 4.09. The van der Waals surface area contributed by atoms with Crippen LogP contribution in [0, 0.1) is 12.8 Å². The molecule has 0 N–H and O–H groups in total. The summed E-state index contributed by atoms with van der Waals surface area (Å²) >= 11 is 0. The number of hydrogen-bond acceptors (Lipinski definition) is 5. The third-order valence-corrected chi connectivity index (χ3v) is 6.37. The Kier molecular flexibility index (Phi) is 6.21. The molecular weight excluding hydrogens is 404 g/mol. The predicted molar refractivity (Wildman–Crippen MR) is 123 cm³/mol. The van der Waals surface area contributed by atoms with Crippen molar-refractivity contribution in [1.82, 2.24) is 9.80 Å². The number of amides is 2. The number of piperidine rings is 1. The summed E-state index contributed by atoms with van der Waals surface area (Å²) < 4.78 is 10.7. The number of carbonyl (C=O) groups excluding carboxylic acids is 2. The first-order valence-electron chi connectivity index (χ1n) is 11.1. The Morgan fingerprint density at radius 2 is 1.56 bits per heavy atom. The number of hydrogen-bond donors (Lipinski definition) is 0. The first-order valence-corrected chi connectivity index (χ1v) is 11.1. The van der Waals surface area contributed by atoms with Gasteiger partial charge in [-0.3, -0.25) is 14.5 Å². The lowest BCUT2D eigenvalue weighted by molar-refractivity contribution is -0.138. The van der Waals surface area contributed by atoms with Crippen LogP contribution in [-0.2, 0) is 16.1 Å². The fourth-order valence-electron chi connectivity index (χ4n) is 4.37. The van der Waals surface area contributed by atoms with Crippen LogP contribution in [0.3, 0.4) is 0 Å². The molecule has 0 radical (unpaired) electrons. The van der Waals surface area contributed by atoms with Crippen LogP contribution in [0.25, 0.3) is 5.57 Å². The molecule has 2 aromatic rings. The van der Waals surface area contributed by atoms with Gasteiger partial charge in [0.1, 0.15) is 5.70 Å². The minimum Gasteiger partial charge on any atom is -0.493 e. The minimum absolute atomic E-state index is 0.182. The summed E-state index contributed by atoms with van der Waals surface area (Å²) in [6.07, 6.45) is 2.03. The van der Waals surface area contributed by atoms with Gasteiger partial charge in [0.2, 0.25) is 0 Å². The predicted octanol–water partition coefficient (Wildman–Crippen LogP) is 4.02. The topological polar surface area (TPSA) is 59.1 Å². The van der Waals surface area contributed by atoms with Crippen molar-refractivity contribution in [3.8, 4) is 11.5 Å². The van der Waals surface area contributed by atoms with Crippen LogP contribution in [0.15, 0.2) is 48.2 Å². The van der Waals surface area contributed by atoms with Crippen molar-refractivity contribution >= 4 is 17.4 Å². The van der Waals surface area contributed by atoms with E-state index < -0.39 is 0 Å². The second kappa shape index (κ2) is 9.07. The van der Waals surface area contributed by atoms with Crippen LogP contribution in [0.1, 0.15) is 36.5 Å². The van der Waals surface area contributed by atoms with Crippen molar-refractivity contribution in [2.75, 3.05) is 27.3 Å². The smallest absolute Gasteiger partial charge is 0.278 e. The standard InChI is InChI=1S/C26H30N2O4/c1-17-5-8-20(9-6-17)23-24(27-13-11-18(2)12-14-27)26(30)28(25(23)29)16-19-7-10-21(31-3)22(15-19)32-4/h5-10,15,18H,11-14,16H2,1-4H3. The van der Waals surface area contributed by atoms with Crippen molar-refractivity contribution in [3.63, 3.8) is 0 Å². The average Bonchev–Trinajstić information content (AvgIpc) is 3.05. The molecule has 4 rings (SSSR count). The largest absolute Gasteiger partial charge is 0.493 e. The summed E-state index contributed by atoms with van der Waals surface area (Å²) in [6.45, 7) is 6.00. The molecule has 6 heteroatoms. The van der Waals surface area contributed by atoms with E-state index in [0.29, 0.717) is 28.7 Å². The zero-order chi connectivity index (χ0) is 22.8. The van der Waals surface area contributed by atoms with Crippen LogP contribution in [0.2, 0.25) is 0 Å². The molecule has 0 aliphatic carbocycles. The van der Waals surface area contributed by atoms with Crippen molar-refractivity contribution < 1.29 is 19.1 Å². The van der Waals surface area contributed by atoms with Gasteiger partial charge in [0.15, 0.2) is 11.5 Å². The first kappa shape index (κ1) is 21.9. The molecule has 32 heavy (non-hydrogen) atoms. The SMILES string of the molecule is COc1ccc(CN2C(=O)C(c3ccc(C)cc3)=C(N3CCC(C)CC3)C2=O)cc1OC. The van der Waals surface area contributed by atoms with E-state index >= 15 is 0 Å². The molecule has 1 fully saturated rings. The van der Waals surface area contributed by atoms with Gasteiger partial charge in [0.25, 0.3) is 11.8 Å². The van der Waals surface area contributed by atoms with E-state index in [4.69, 9.17) is 9.47 Å². The van der Waals surface area contributed by atoms with Crippen LogP contribution in [-0.4, -0.2) is 48.9 Å². The molecule has 0 unspecified atom stereocenters. The van der Waals surface area contributed by atoms with Crippen LogP contribution in [0.4, 0.5) is 0 Å². The maximum atomic E-state index is 13.6. The summed E-state index contributed by atoms with van der Waals surface area (Å²) in [5, 5.41) is 0. The number of methoxy groups -OCH3 is 2. The Morgan fingerprint density at radius 3 is 2.19 bits per heavy atom. The lowest BCUT2D eigenvalue weighted by atomic mass is 9.97. The van der Waals surface area contributed by atoms with Gasteiger partial charge in [-0.1, -0.05) is 42.8 Å². The van der Waals surface area contributed by atoms with E-state index in [1.54, 1.807) is 20.3 Å². The lowest BCUT2D eigenvalue weighted by Crippen LogP contribution is -2.38. The molecule has 2 aliphatic rings. The molecule has 0 aromatic heterocycles. The first-order chi connectivity index (χ1) is 15.4. The summed E-state index contributed by atoms with van der Waals surface area (Å²) in [4.78, 5) is 30.6. The van der Waals surface area contributed by atoms with Crippen molar-refractivity contribution in [2.24, 2.45) is 5.92 Å². The Bertz CT molecular complexity index is 1050. The fraction of sp³-hybridized carbons (Fsp3) is 0.385. The maximum absolute atomic E-state index is 13.6. The van der Waals surface area contributed by atoms with Crippen LogP contribution >= 0.6 is 0 Å². The highest BCUT2D eigenvalue weighted by molar-refractivity contribution is 6.35. The number of rotatable bonds is 6. The van der Waals surface area contributed by atoms with Gasteiger partial charge < -0.3 is 14.4 Å². The zero-order valence-electron chi connectivity index (χ0n) is 19.2. The third-order valence-electron chi connectivity index (χ3n) is 6.37. The van der Waals surface area contributed by atoms with E-state index in [9.17, 15) is 9.59 Å². The van der Waals surface area contributed by atoms with E-state index in [-0.39, 0.29) is 18.4 Å². The Hall–Kier alpha value is -3.28. The fourth-order valence-corrected chi connectivity index (χ4v) is 4.37. The lowest BCUT2D eigenvalue weighted by Gasteiger charge is -2.32. The molecule has 0 bridgehead atoms. The Labute approximate surface area is 189 Å². The molecule has 1 saturated heterocycles. The van der Waals surface area contributed by atoms with Gasteiger partial charge in [0.05, 0.1) is 26.3 Å². The Balaban J connectivity index is 1.69. The van der Waals surface area contributed by atoms with Crippen LogP contribution < -0.4 is 9.47 Å². The van der Waals surface area contributed by atoms with Gasteiger partial charge >= 0.3 is 0 Å². The van der Waals surface area contributed by atoms with Crippen LogP contribution in [0.5, 0.6) is 11.5 Å². The summed E-state index contributed by atoms with van der Waals surface area (Å²) in [5.74, 6) is 1.33. The van der Waals surface area contributed by atoms with Crippen molar-refractivity contribution in [2.45, 2.75) is 33.2 Å². The number of imide groups is 1. The molecule has 2 aliphatic heterocycles. The van der Waals surface area contributed by atoms with Gasteiger partial charge in [-0.15, -0.1) is 0 Å². The number of benzene rings is 2. The van der Waals surface area contributed by atoms with E-state index in [2.05, 4.69) is 11.8 Å². The molecule has 6 nitrogen and oxygen atoms in total. The monoisotopic (exact) mass is 434 g/mol.